The van der Waals surface area contributed by atoms with E-state index < -0.39 is 0 Å². The summed E-state index contributed by atoms with van der Waals surface area (Å²) < 4.78 is 5.60. The van der Waals surface area contributed by atoms with Gasteiger partial charge in [0, 0.05) is 6.54 Å². The van der Waals surface area contributed by atoms with Crippen LogP contribution >= 0.6 is 0 Å². The summed E-state index contributed by atoms with van der Waals surface area (Å²) in [4.78, 5) is 11.9. The molecule has 1 saturated heterocycles. The van der Waals surface area contributed by atoms with Gasteiger partial charge in [-0.15, -0.1) is 0 Å². The molecule has 0 aliphatic carbocycles. The molecule has 0 radical (unpaired) electrons. The second kappa shape index (κ2) is 6.57. The van der Waals surface area contributed by atoms with Crippen molar-refractivity contribution in [2.75, 3.05) is 26.2 Å². The maximum Gasteiger partial charge on any atom is 0.224 e. The molecule has 1 fully saturated rings. The predicted molar refractivity (Wildman–Crippen MR) is 75.2 cm³/mol. The van der Waals surface area contributed by atoms with E-state index in [9.17, 15) is 4.79 Å². The van der Waals surface area contributed by atoms with Crippen LogP contribution in [0.4, 0.5) is 0 Å². The zero-order valence-corrected chi connectivity index (χ0v) is 11.6. The average molecular weight is 262 g/mol. The fourth-order valence-corrected chi connectivity index (χ4v) is 2.34. The molecule has 1 heterocycles. The lowest BCUT2D eigenvalue weighted by Gasteiger charge is -2.14. The monoisotopic (exact) mass is 262 g/mol. The number of nitrogens with one attached hydrogen (secondary N) is 2. The third kappa shape index (κ3) is 3.96. The van der Waals surface area contributed by atoms with Crippen molar-refractivity contribution in [3.63, 3.8) is 0 Å². The topological polar surface area (TPSA) is 50.4 Å². The highest BCUT2D eigenvalue weighted by Gasteiger charge is 2.28. The highest BCUT2D eigenvalue weighted by atomic mass is 16.5. The number of benzene rings is 1. The molecule has 4 nitrogen and oxygen atoms in total. The summed E-state index contributed by atoms with van der Waals surface area (Å²) in [5.74, 6) is 1.49. The molecule has 104 valence electrons. The van der Waals surface area contributed by atoms with E-state index >= 15 is 0 Å². The third-order valence-corrected chi connectivity index (χ3v) is 3.51. The summed E-state index contributed by atoms with van der Waals surface area (Å²) in [7, 11) is 0. The van der Waals surface area contributed by atoms with Gasteiger partial charge >= 0.3 is 0 Å². The second-order valence-corrected chi connectivity index (χ2v) is 5.20. The second-order valence-electron chi connectivity index (χ2n) is 5.20. The van der Waals surface area contributed by atoms with Crippen LogP contribution in [-0.2, 0) is 4.79 Å². The van der Waals surface area contributed by atoms with Crippen LogP contribution < -0.4 is 15.4 Å². The lowest BCUT2D eigenvalue weighted by atomic mass is 9.97. The molecule has 2 rings (SSSR count). The van der Waals surface area contributed by atoms with Crippen molar-refractivity contribution in [3.8, 4) is 5.75 Å². The SMILES string of the molecule is Cc1cccc(OCCNC(=O)[C@@H]2CNC[C@H]2C)c1. The predicted octanol–water partition coefficient (Wildman–Crippen LogP) is 1.35. The van der Waals surface area contributed by atoms with E-state index in [0.717, 1.165) is 18.8 Å². The number of hydrogen-bond donors (Lipinski definition) is 2. The molecule has 1 amide bonds. The summed E-state index contributed by atoms with van der Waals surface area (Å²) in [5.41, 5.74) is 1.17. The van der Waals surface area contributed by atoms with Crippen LogP contribution in [0, 0.1) is 18.8 Å². The summed E-state index contributed by atoms with van der Waals surface area (Å²) in [6.07, 6.45) is 0. The Balaban J connectivity index is 1.68. The molecule has 1 aromatic carbocycles. The molecule has 1 aliphatic heterocycles. The summed E-state index contributed by atoms with van der Waals surface area (Å²) in [6, 6.07) is 7.92. The number of carbonyl (C=O) groups excluding carboxylic acids is 1. The molecule has 4 heteroatoms. The first-order valence-electron chi connectivity index (χ1n) is 6.84. The molecule has 1 aromatic rings. The minimum Gasteiger partial charge on any atom is -0.492 e. The van der Waals surface area contributed by atoms with E-state index in [4.69, 9.17) is 4.74 Å². The van der Waals surface area contributed by atoms with Crippen molar-refractivity contribution >= 4 is 5.91 Å². The number of aryl methyl sites for hydroxylation is 1. The first-order chi connectivity index (χ1) is 9.16. The quantitative estimate of drug-likeness (QED) is 0.788. The standard InChI is InChI=1S/C15H22N2O2/c1-11-4-3-5-13(8-11)19-7-6-17-15(18)14-10-16-9-12(14)2/h3-5,8,12,14,16H,6-7,9-10H2,1-2H3,(H,17,18)/t12-,14-/m1/s1. The van der Waals surface area contributed by atoms with Gasteiger partial charge in [-0.05, 0) is 37.1 Å². The van der Waals surface area contributed by atoms with Crippen LogP contribution in [0.5, 0.6) is 5.75 Å². The molecule has 2 N–H and O–H groups in total. The fraction of sp³-hybridized carbons (Fsp3) is 0.533. The third-order valence-electron chi connectivity index (χ3n) is 3.51. The number of carbonyl (C=O) groups is 1. The van der Waals surface area contributed by atoms with Gasteiger partial charge in [0.2, 0.25) is 5.91 Å². The van der Waals surface area contributed by atoms with Crippen molar-refractivity contribution in [1.29, 1.82) is 0 Å². The maximum atomic E-state index is 11.9. The molecule has 19 heavy (non-hydrogen) atoms. The molecule has 2 atom stereocenters. The molecule has 1 aliphatic rings. The van der Waals surface area contributed by atoms with Gasteiger partial charge in [-0.25, -0.2) is 0 Å². The first kappa shape index (κ1) is 13.9. The van der Waals surface area contributed by atoms with Gasteiger partial charge in [0.15, 0.2) is 0 Å². The molecule has 0 spiro atoms. The largest absolute Gasteiger partial charge is 0.492 e. The minimum atomic E-state index is 0.0963. The van der Waals surface area contributed by atoms with Crippen molar-refractivity contribution in [3.05, 3.63) is 29.8 Å². The van der Waals surface area contributed by atoms with Gasteiger partial charge in [0.1, 0.15) is 12.4 Å². The summed E-state index contributed by atoms with van der Waals surface area (Å²) >= 11 is 0. The van der Waals surface area contributed by atoms with Crippen LogP contribution in [0.1, 0.15) is 12.5 Å². The van der Waals surface area contributed by atoms with Gasteiger partial charge in [-0.1, -0.05) is 19.1 Å². The van der Waals surface area contributed by atoms with Crippen LogP contribution in [-0.4, -0.2) is 32.1 Å². The molecular formula is C15H22N2O2. The van der Waals surface area contributed by atoms with Crippen molar-refractivity contribution in [1.82, 2.24) is 10.6 Å². The van der Waals surface area contributed by atoms with E-state index in [-0.39, 0.29) is 11.8 Å². The van der Waals surface area contributed by atoms with E-state index in [2.05, 4.69) is 17.6 Å². The summed E-state index contributed by atoms with van der Waals surface area (Å²) in [6.45, 7) is 6.90. The number of rotatable bonds is 5. The Morgan fingerprint density at radius 1 is 1.47 bits per heavy atom. The van der Waals surface area contributed by atoms with E-state index in [1.807, 2.05) is 31.2 Å². The molecule has 0 saturated carbocycles. The van der Waals surface area contributed by atoms with Gasteiger partial charge in [-0.2, -0.15) is 0 Å². The van der Waals surface area contributed by atoms with Crippen LogP contribution in [0.15, 0.2) is 24.3 Å². The van der Waals surface area contributed by atoms with E-state index in [0.29, 0.717) is 19.1 Å². The Bertz CT molecular complexity index is 434. The maximum absolute atomic E-state index is 11.9. The zero-order valence-electron chi connectivity index (χ0n) is 11.6. The van der Waals surface area contributed by atoms with Crippen LogP contribution in [0.2, 0.25) is 0 Å². The minimum absolute atomic E-state index is 0.0963. The molecule has 0 unspecified atom stereocenters. The first-order valence-corrected chi connectivity index (χ1v) is 6.84. The highest BCUT2D eigenvalue weighted by molar-refractivity contribution is 5.79. The smallest absolute Gasteiger partial charge is 0.224 e. The molecular weight excluding hydrogens is 240 g/mol. The number of amides is 1. The van der Waals surface area contributed by atoms with Crippen LogP contribution in [0.25, 0.3) is 0 Å². The number of ether oxygens (including phenoxy) is 1. The summed E-state index contributed by atoms with van der Waals surface area (Å²) in [5, 5.41) is 6.17. The molecule has 0 bridgehead atoms. The highest BCUT2D eigenvalue weighted by Crippen LogP contribution is 2.15. The van der Waals surface area contributed by atoms with Crippen molar-refractivity contribution in [2.45, 2.75) is 13.8 Å². The van der Waals surface area contributed by atoms with Gasteiger partial charge < -0.3 is 15.4 Å². The van der Waals surface area contributed by atoms with Gasteiger partial charge in [-0.3, -0.25) is 4.79 Å². The zero-order chi connectivity index (χ0) is 13.7. The van der Waals surface area contributed by atoms with E-state index in [1.165, 1.54) is 5.56 Å². The van der Waals surface area contributed by atoms with Gasteiger partial charge in [0.25, 0.3) is 0 Å². The lowest BCUT2D eigenvalue weighted by molar-refractivity contribution is -0.125. The lowest BCUT2D eigenvalue weighted by Crippen LogP contribution is -2.36. The Labute approximate surface area is 114 Å². The van der Waals surface area contributed by atoms with Crippen molar-refractivity contribution in [2.24, 2.45) is 11.8 Å². The van der Waals surface area contributed by atoms with Crippen LogP contribution in [0.3, 0.4) is 0 Å². The Hall–Kier alpha value is -1.55. The molecule has 0 aromatic heterocycles. The Morgan fingerprint density at radius 3 is 3.00 bits per heavy atom. The average Bonchev–Trinajstić information content (AvgIpc) is 2.81. The van der Waals surface area contributed by atoms with Crippen molar-refractivity contribution < 1.29 is 9.53 Å². The number of hydrogen-bond acceptors (Lipinski definition) is 3. The van der Waals surface area contributed by atoms with E-state index in [1.54, 1.807) is 0 Å². The fourth-order valence-electron chi connectivity index (χ4n) is 2.34. The normalized spacial score (nSPS) is 22.2. The van der Waals surface area contributed by atoms with Gasteiger partial charge in [0.05, 0.1) is 12.5 Å². The Morgan fingerprint density at radius 2 is 2.32 bits per heavy atom. The Kier molecular flexibility index (Phi) is 4.80.